The fourth-order valence-electron chi connectivity index (χ4n) is 2.11. The normalized spacial score (nSPS) is 17.7. The summed E-state index contributed by atoms with van der Waals surface area (Å²) in [6, 6.07) is 4.67. The topological polar surface area (TPSA) is 59.4 Å². The summed E-state index contributed by atoms with van der Waals surface area (Å²) in [6.45, 7) is 1.25. The minimum absolute atomic E-state index is 0.0284. The molecule has 0 bridgehead atoms. The van der Waals surface area contributed by atoms with Crippen LogP contribution in [0.2, 0.25) is 10.0 Å². The number of nitrogens with one attached hydrogen (secondary N) is 1. The summed E-state index contributed by atoms with van der Waals surface area (Å²) < 4.78 is 0. The Kier molecular flexibility index (Phi) is 4.58. The van der Waals surface area contributed by atoms with Crippen LogP contribution in [-0.2, 0) is 0 Å². The van der Waals surface area contributed by atoms with E-state index in [0.29, 0.717) is 28.8 Å². The zero-order valence-corrected chi connectivity index (χ0v) is 12.4. The number of anilines is 1. The minimum atomic E-state index is -0.251. The second kappa shape index (κ2) is 6.21. The molecule has 1 aromatic rings. The Balaban J connectivity index is 1.99. The third-order valence-corrected chi connectivity index (χ3v) is 3.89. The molecule has 0 spiro atoms. The van der Waals surface area contributed by atoms with Crippen LogP contribution >= 0.6 is 23.2 Å². The van der Waals surface area contributed by atoms with Gasteiger partial charge >= 0.3 is 6.03 Å². The standard InChI is InChI=1S/C13H14Cl2N4O/c1-18(10-4-5-19(7-10)8-16)13(20)17-12-3-2-9(14)6-11(12)15/h2-3,6,10H,4-5,7H2,1H3,(H,17,20). The number of carbonyl (C=O) groups is 1. The lowest BCUT2D eigenvalue weighted by molar-refractivity contribution is 0.205. The van der Waals surface area contributed by atoms with Crippen LogP contribution in [0.3, 0.4) is 0 Å². The number of benzene rings is 1. The molecular weight excluding hydrogens is 299 g/mol. The Bertz CT molecular complexity index is 558. The Morgan fingerprint density at radius 3 is 2.90 bits per heavy atom. The first-order chi connectivity index (χ1) is 9.51. The number of nitrogens with zero attached hydrogens (tertiary/aromatic N) is 3. The summed E-state index contributed by atoms with van der Waals surface area (Å²) >= 11 is 11.8. The number of halogens is 2. The summed E-state index contributed by atoms with van der Waals surface area (Å²) in [5.41, 5.74) is 0.517. The van der Waals surface area contributed by atoms with E-state index in [1.54, 1.807) is 35.0 Å². The Morgan fingerprint density at radius 1 is 1.55 bits per heavy atom. The van der Waals surface area contributed by atoms with Crippen molar-refractivity contribution in [3.63, 3.8) is 0 Å². The first kappa shape index (κ1) is 14.8. The molecule has 1 heterocycles. The fourth-order valence-corrected chi connectivity index (χ4v) is 2.56. The van der Waals surface area contributed by atoms with Gasteiger partial charge in [-0.05, 0) is 24.6 Å². The maximum absolute atomic E-state index is 12.2. The molecule has 0 aliphatic carbocycles. The van der Waals surface area contributed by atoms with Crippen molar-refractivity contribution in [2.45, 2.75) is 12.5 Å². The summed E-state index contributed by atoms with van der Waals surface area (Å²) in [5, 5.41) is 12.5. The molecule has 7 heteroatoms. The number of hydrogen-bond acceptors (Lipinski definition) is 3. The van der Waals surface area contributed by atoms with E-state index in [-0.39, 0.29) is 12.1 Å². The first-order valence-corrected chi connectivity index (χ1v) is 6.90. The fraction of sp³-hybridized carbons (Fsp3) is 0.385. The van der Waals surface area contributed by atoms with Crippen LogP contribution < -0.4 is 5.32 Å². The van der Waals surface area contributed by atoms with Crippen molar-refractivity contribution in [1.82, 2.24) is 9.80 Å². The second-order valence-corrected chi connectivity index (χ2v) is 5.50. The molecule has 1 aliphatic rings. The highest BCUT2D eigenvalue weighted by Crippen LogP contribution is 2.26. The highest BCUT2D eigenvalue weighted by atomic mass is 35.5. The van der Waals surface area contributed by atoms with Crippen LogP contribution in [0.4, 0.5) is 10.5 Å². The molecule has 1 aliphatic heterocycles. The molecule has 1 saturated heterocycles. The Labute approximate surface area is 127 Å². The van der Waals surface area contributed by atoms with Crippen LogP contribution in [-0.4, -0.2) is 42.0 Å². The van der Waals surface area contributed by atoms with Crippen LogP contribution in [0.1, 0.15) is 6.42 Å². The molecule has 106 valence electrons. The smallest absolute Gasteiger partial charge is 0.321 e. The molecule has 1 aromatic carbocycles. The molecule has 2 amide bonds. The molecule has 0 saturated carbocycles. The number of likely N-dealkylation sites (tertiary alicyclic amines) is 1. The number of urea groups is 1. The van der Waals surface area contributed by atoms with Crippen molar-refractivity contribution in [2.24, 2.45) is 0 Å². The first-order valence-electron chi connectivity index (χ1n) is 6.15. The molecule has 1 atom stereocenters. The van der Waals surface area contributed by atoms with Crippen molar-refractivity contribution < 1.29 is 4.79 Å². The van der Waals surface area contributed by atoms with Gasteiger partial charge in [0, 0.05) is 25.2 Å². The summed E-state index contributed by atoms with van der Waals surface area (Å²) in [6.07, 6.45) is 2.88. The summed E-state index contributed by atoms with van der Waals surface area (Å²) in [7, 11) is 1.71. The van der Waals surface area contributed by atoms with E-state index in [9.17, 15) is 4.79 Å². The zero-order valence-electron chi connectivity index (χ0n) is 10.9. The third kappa shape index (κ3) is 3.27. The minimum Gasteiger partial charge on any atom is -0.323 e. The molecule has 1 N–H and O–H groups in total. The largest absolute Gasteiger partial charge is 0.323 e. The van der Waals surface area contributed by atoms with E-state index >= 15 is 0 Å². The monoisotopic (exact) mass is 312 g/mol. The Hall–Kier alpha value is -1.64. The van der Waals surface area contributed by atoms with Crippen molar-refractivity contribution in [1.29, 1.82) is 5.26 Å². The predicted molar refractivity (Wildman–Crippen MR) is 78.8 cm³/mol. The van der Waals surface area contributed by atoms with Crippen LogP contribution in [0, 0.1) is 11.5 Å². The van der Waals surface area contributed by atoms with E-state index in [1.165, 1.54) is 0 Å². The van der Waals surface area contributed by atoms with Crippen molar-refractivity contribution in [3.8, 4) is 6.19 Å². The van der Waals surface area contributed by atoms with Gasteiger partial charge in [0.15, 0.2) is 6.19 Å². The SMILES string of the molecule is CN(C(=O)Nc1ccc(Cl)cc1Cl)C1CCN(C#N)C1. The Morgan fingerprint density at radius 2 is 2.30 bits per heavy atom. The molecule has 0 radical (unpaired) electrons. The van der Waals surface area contributed by atoms with Gasteiger partial charge in [-0.1, -0.05) is 23.2 Å². The number of hydrogen-bond donors (Lipinski definition) is 1. The maximum Gasteiger partial charge on any atom is 0.321 e. The summed E-state index contributed by atoms with van der Waals surface area (Å²) in [5.74, 6) is 0. The molecule has 1 unspecified atom stereocenters. The lowest BCUT2D eigenvalue weighted by Crippen LogP contribution is -2.41. The van der Waals surface area contributed by atoms with E-state index in [1.807, 2.05) is 0 Å². The van der Waals surface area contributed by atoms with E-state index in [2.05, 4.69) is 11.5 Å². The maximum atomic E-state index is 12.2. The van der Waals surface area contributed by atoms with Gasteiger partial charge in [0.2, 0.25) is 0 Å². The molecule has 5 nitrogen and oxygen atoms in total. The average molecular weight is 313 g/mol. The lowest BCUT2D eigenvalue weighted by Gasteiger charge is -2.24. The van der Waals surface area contributed by atoms with Gasteiger partial charge < -0.3 is 15.1 Å². The van der Waals surface area contributed by atoms with Gasteiger partial charge in [0.25, 0.3) is 0 Å². The number of nitriles is 1. The van der Waals surface area contributed by atoms with Gasteiger partial charge in [0.05, 0.1) is 16.8 Å². The predicted octanol–water partition coefficient (Wildman–Crippen LogP) is 3.01. The van der Waals surface area contributed by atoms with Gasteiger partial charge in [-0.15, -0.1) is 0 Å². The number of likely N-dealkylation sites (N-methyl/N-ethyl adjacent to an activating group) is 1. The van der Waals surface area contributed by atoms with E-state index < -0.39 is 0 Å². The number of rotatable bonds is 2. The summed E-state index contributed by atoms with van der Waals surface area (Å²) in [4.78, 5) is 15.4. The number of amides is 2. The highest BCUT2D eigenvalue weighted by molar-refractivity contribution is 6.36. The quantitative estimate of drug-likeness (QED) is 0.854. The molecule has 1 fully saturated rings. The van der Waals surface area contributed by atoms with Crippen LogP contribution in [0.25, 0.3) is 0 Å². The van der Waals surface area contributed by atoms with Crippen LogP contribution in [0.5, 0.6) is 0 Å². The average Bonchev–Trinajstić information content (AvgIpc) is 2.89. The van der Waals surface area contributed by atoms with E-state index in [0.717, 1.165) is 6.42 Å². The van der Waals surface area contributed by atoms with Gasteiger partial charge in [0.1, 0.15) is 0 Å². The molecular formula is C13H14Cl2N4O. The lowest BCUT2D eigenvalue weighted by atomic mass is 10.2. The van der Waals surface area contributed by atoms with Gasteiger partial charge in [-0.25, -0.2) is 4.79 Å². The number of carbonyl (C=O) groups excluding carboxylic acids is 1. The highest BCUT2D eigenvalue weighted by Gasteiger charge is 2.28. The van der Waals surface area contributed by atoms with Crippen LogP contribution in [0.15, 0.2) is 18.2 Å². The van der Waals surface area contributed by atoms with E-state index in [4.69, 9.17) is 28.5 Å². The van der Waals surface area contributed by atoms with Gasteiger partial charge in [-0.3, -0.25) is 0 Å². The van der Waals surface area contributed by atoms with Gasteiger partial charge in [-0.2, -0.15) is 5.26 Å². The zero-order chi connectivity index (χ0) is 14.7. The van der Waals surface area contributed by atoms with Crippen molar-refractivity contribution >= 4 is 34.9 Å². The second-order valence-electron chi connectivity index (χ2n) is 4.65. The molecule has 20 heavy (non-hydrogen) atoms. The van der Waals surface area contributed by atoms with Crippen molar-refractivity contribution in [3.05, 3.63) is 28.2 Å². The van der Waals surface area contributed by atoms with Crippen molar-refractivity contribution in [2.75, 3.05) is 25.5 Å². The molecule has 2 rings (SSSR count). The third-order valence-electron chi connectivity index (χ3n) is 3.35. The molecule has 0 aromatic heterocycles.